The Morgan fingerprint density at radius 3 is 2.61 bits per heavy atom. The van der Waals surface area contributed by atoms with Crippen LogP contribution in [0.15, 0.2) is 24.3 Å². The maximum Gasteiger partial charge on any atom is 0.123 e. The monoisotopic (exact) mass is 252 g/mol. The Hall–Kier alpha value is -1.13. The molecule has 3 nitrogen and oxygen atoms in total. The minimum absolute atomic E-state index is 0.132. The van der Waals surface area contributed by atoms with E-state index in [1.807, 2.05) is 0 Å². The quantitative estimate of drug-likeness (QED) is 0.868. The van der Waals surface area contributed by atoms with Crippen LogP contribution in [0.5, 0.6) is 0 Å². The van der Waals surface area contributed by atoms with E-state index in [4.69, 9.17) is 0 Å². The van der Waals surface area contributed by atoms with Crippen molar-refractivity contribution in [1.29, 1.82) is 0 Å². The molecular formula is C14H21FN2O. The van der Waals surface area contributed by atoms with Gasteiger partial charge in [0, 0.05) is 24.8 Å². The predicted molar refractivity (Wildman–Crippen MR) is 71.3 cm³/mol. The molecule has 0 aliphatic carbocycles. The van der Waals surface area contributed by atoms with Crippen molar-refractivity contribution in [2.45, 2.75) is 25.4 Å². The van der Waals surface area contributed by atoms with Crippen molar-refractivity contribution in [3.8, 4) is 0 Å². The first kappa shape index (κ1) is 13.3. The van der Waals surface area contributed by atoms with Crippen LogP contribution in [-0.2, 0) is 0 Å². The lowest BCUT2D eigenvalue weighted by Crippen LogP contribution is -2.44. The molecule has 0 bridgehead atoms. The van der Waals surface area contributed by atoms with Crippen LogP contribution in [0, 0.1) is 5.82 Å². The summed E-state index contributed by atoms with van der Waals surface area (Å²) in [4.78, 5) is 4.45. The maximum atomic E-state index is 12.9. The van der Waals surface area contributed by atoms with Crippen molar-refractivity contribution in [2.24, 2.45) is 0 Å². The second-order valence-electron chi connectivity index (χ2n) is 5.06. The van der Waals surface area contributed by atoms with Crippen LogP contribution < -0.4 is 4.90 Å². The molecule has 1 saturated heterocycles. The van der Waals surface area contributed by atoms with Crippen LogP contribution in [0.1, 0.15) is 13.3 Å². The van der Waals surface area contributed by atoms with Gasteiger partial charge in [0.1, 0.15) is 5.82 Å². The highest BCUT2D eigenvalue weighted by Gasteiger charge is 2.26. The van der Waals surface area contributed by atoms with E-state index in [2.05, 4.69) is 23.8 Å². The summed E-state index contributed by atoms with van der Waals surface area (Å²) in [7, 11) is 2.06. The molecule has 0 aromatic heterocycles. The van der Waals surface area contributed by atoms with Gasteiger partial charge in [-0.05, 0) is 44.7 Å². The van der Waals surface area contributed by atoms with E-state index >= 15 is 0 Å². The van der Waals surface area contributed by atoms with E-state index < -0.39 is 0 Å². The van der Waals surface area contributed by atoms with E-state index in [-0.39, 0.29) is 18.5 Å². The molecule has 0 amide bonds. The van der Waals surface area contributed by atoms with Crippen molar-refractivity contribution in [3.63, 3.8) is 0 Å². The normalized spacial score (nSPS) is 26.1. The summed E-state index contributed by atoms with van der Waals surface area (Å²) >= 11 is 0. The summed E-state index contributed by atoms with van der Waals surface area (Å²) in [5, 5.41) is 9.48. The Balaban J connectivity index is 2.16. The molecule has 1 aromatic carbocycles. The molecular weight excluding hydrogens is 231 g/mol. The van der Waals surface area contributed by atoms with Gasteiger partial charge < -0.3 is 10.0 Å². The van der Waals surface area contributed by atoms with Gasteiger partial charge in [-0.3, -0.25) is 4.90 Å². The lowest BCUT2D eigenvalue weighted by atomic mass is 10.2. The van der Waals surface area contributed by atoms with Gasteiger partial charge in [-0.1, -0.05) is 0 Å². The number of halogens is 1. The van der Waals surface area contributed by atoms with E-state index in [1.54, 1.807) is 12.1 Å². The number of nitrogens with zero attached hydrogens (tertiary/aromatic N) is 2. The minimum Gasteiger partial charge on any atom is -0.395 e. The molecule has 1 aliphatic heterocycles. The predicted octanol–water partition coefficient (Wildman–Crippen LogP) is 1.72. The highest BCUT2D eigenvalue weighted by atomic mass is 19.1. The van der Waals surface area contributed by atoms with Crippen LogP contribution in [-0.4, -0.2) is 48.8 Å². The van der Waals surface area contributed by atoms with Gasteiger partial charge in [0.2, 0.25) is 0 Å². The Morgan fingerprint density at radius 2 is 2.00 bits per heavy atom. The van der Waals surface area contributed by atoms with E-state index in [1.165, 1.54) is 12.1 Å². The first-order chi connectivity index (χ1) is 8.61. The van der Waals surface area contributed by atoms with Crippen LogP contribution >= 0.6 is 0 Å². The van der Waals surface area contributed by atoms with Crippen LogP contribution in [0.3, 0.4) is 0 Å². The van der Waals surface area contributed by atoms with E-state index in [9.17, 15) is 9.50 Å². The molecule has 100 valence electrons. The highest BCUT2D eigenvalue weighted by molar-refractivity contribution is 5.46. The second-order valence-corrected chi connectivity index (χ2v) is 5.06. The largest absolute Gasteiger partial charge is 0.395 e. The summed E-state index contributed by atoms with van der Waals surface area (Å²) < 4.78 is 12.9. The second kappa shape index (κ2) is 5.67. The zero-order chi connectivity index (χ0) is 13.1. The van der Waals surface area contributed by atoms with Crippen molar-refractivity contribution < 1.29 is 9.50 Å². The molecule has 1 heterocycles. The van der Waals surface area contributed by atoms with Gasteiger partial charge in [-0.25, -0.2) is 4.39 Å². The number of anilines is 1. The number of likely N-dealkylation sites (N-methyl/N-ethyl adjacent to an activating group) is 1. The van der Waals surface area contributed by atoms with Gasteiger partial charge in [-0.15, -0.1) is 0 Å². The minimum atomic E-state index is -0.210. The fraction of sp³-hybridized carbons (Fsp3) is 0.571. The maximum absolute atomic E-state index is 12.9. The molecule has 1 fully saturated rings. The van der Waals surface area contributed by atoms with Gasteiger partial charge in [0.15, 0.2) is 0 Å². The molecule has 0 radical (unpaired) electrons. The fourth-order valence-electron chi connectivity index (χ4n) is 2.45. The molecule has 1 aliphatic rings. The SMILES string of the molecule is CC1CCN(c2ccc(F)cc2)CC(CO)N1C. The fourth-order valence-corrected chi connectivity index (χ4v) is 2.45. The molecule has 1 N–H and O–H groups in total. The number of aliphatic hydroxyl groups excluding tert-OH is 1. The Labute approximate surface area is 108 Å². The highest BCUT2D eigenvalue weighted by Crippen LogP contribution is 2.21. The number of hydrogen-bond donors (Lipinski definition) is 1. The number of rotatable bonds is 2. The average Bonchev–Trinajstić information content (AvgIpc) is 2.52. The zero-order valence-electron chi connectivity index (χ0n) is 11.0. The topological polar surface area (TPSA) is 26.7 Å². The molecule has 1 aromatic rings. The third-order valence-electron chi connectivity index (χ3n) is 3.92. The smallest absolute Gasteiger partial charge is 0.123 e. The third-order valence-corrected chi connectivity index (χ3v) is 3.92. The first-order valence-electron chi connectivity index (χ1n) is 6.45. The van der Waals surface area contributed by atoms with Gasteiger partial charge in [0.25, 0.3) is 0 Å². The lowest BCUT2D eigenvalue weighted by Gasteiger charge is -2.30. The van der Waals surface area contributed by atoms with Crippen molar-refractivity contribution in [2.75, 3.05) is 31.6 Å². The molecule has 18 heavy (non-hydrogen) atoms. The van der Waals surface area contributed by atoms with Gasteiger partial charge >= 0.3 is 0 Å². The number of hydrogen-bond acceptors (Lipinski definition) is 3. The number of aliphatic hydroxyl groups is 1. The van der Waals surface area contributed by atoms with E-state index in [0.717, 1.165) is 25.2 Å². The van der Waals surface area contributed by atoms with Crippen molar-refractivity contribution >= 4 is 5.69 Å². The molecule has 2 atom stereocenters. The van der Waals surface area contributed by atoms with Crippen molar-refractivity contribution in [1.82, 2.24) is 4.90 Å². The standard InChI is InChI=1S/C14H21FN2O/c1-11-7-8-17(9-14(10-18)16(11)2)13-5-3-12(15)4-6-13/h3-6,11,14,18H,7-10H2,1-2H3. The van der Waals surface area contributed by atoms with E-state index in [0.29, 0.717) is 6.04 Å². The summed E-state index contributed by atoms with van der Waals surface area (Å²) in [5.41, 5.74) is 1.03. The molecule has 2 unspecified atom stereocenters. The lowest BCUT2D eigenvalue weighted by molar-refractivity contribution is 0.127. The first-order valence-corrected chi connectivity index (χ1v) is 6.45. The summed E-state index contributed by atoms with van der Waals surface area (Å²) in [6.45, 7) is 4.05. The summed E-state index contributed by atoms with van der Waals surface area (Å²) in [5.74, 6) is -0.210. The molecule has 0 saturated carbocycles. The molecule has 4 heteroatoms. The molecule has 0 spiro atoms. The Kier molecular flexibility index (Phi) is 4.19. The Morgan fingerprint density at radius 1 is 1.33 bits per heavy atom. The number of benzene rings is 1. The third kappa shape index (κ3) is 2.82. The summed E-state index contributed by atoms with van der Waals surface area (Å²) in [6.07, 6.45) is 1.05. The van der Waals surface area contributed by atoms with Crippen molar-refractivity contribution in [3.05, 3.63) is 30.1 Å². The van der Waals surface area contributed by atoms with Gasteiger partial charge in [-0.2, -0.15) is 0 Å². The van der Waals surface area contributed by atoms with Crippen LogP contribution in [0.25, 0.3) is 0 Å². The summed E-state index contributed by atoms with van der Waals surface area (Å²) in [6, 6.07) is 7.17. The van der Waals surface area contributed by atoms with Gasteiger partial charge in [0.05, 0.1) is 12.6 Å². The Bertz CT molecular complexity index is 382. The average molecular weight is 252 g/mol. The van der Waals surface area contributed by atoms with Crippen LogP contribution in [0.4, 0.5) is 10.1 Å². The zero-order valence-corrected chi connectivity index (χ0v) is 11.0. The molecule has 2 rings (SSSR count). The van der Waals surface area contributed by atoms with Crippen LogP contribution in [0.2, 0.25) is 0 Å².